The third-order valence-corrected chi connectivity index (χ3v) is 5.59. The van der Waals surface area contributed by atoms with Crippen LogP contribution < -0.4 is 5.73 Å². The average Bonchev–Trinajstić information content (AvgIpc) is 2.62. The smallest absolute Gasteiger partial charge is 0.248 e. The highest BCUT2D eigenvalue weighted by Gasteiger charge is 2.30. The zero-order valence-electron chi connectivity index (χ0n) is 15.1. The van der Waals surface area contributed by atoms with Crippen molar-refractivity contribution in [1.82, 2.24) is 9.80 Å². The predicted octanol–water partition coefficient (Wildman–Crippen LogP) is 2.26. The number of nitrogens with two attached hydrogens (primary N) is 1. The van der Waals surface area contributed by atoms with E-state index in [0.29, 0.717) is 11.5 Å². The molecule has 1 aromatic rings. The lowest BCUT2D eigenvalue weighted by Crippen LogP contribution is -2.46. The van der Waals surface area contributed by atoms with Gasteiger partial charge in [0.1, 0.15) is 0 Å². The summed E-state index contributed by atoms with van der Waals surface area (Å²) in [6.45, 7) is 6.80. The molecule has 1 aromatic carbocycles. The van der Waals surface area contributed by atoms with Crippen molar-refractivity contribution in [1.29, 1.82) is 0 Å². The molecule has 1 atom stereocenters. The number of amides is 2. The van der Waals surface area contributed by atoms with Crippen molar-refractivity contribution in [2.75, 3.05) is 26.2 Å². The molecule has 2 N–H and O–H groups in total. The Kier molecular flexibility index (Phi) is 5.74. The van der Waals surface area contributed by atoms with Crippen LogP contribution in [0.25, 0.3) is 0 Å². The fourth-order valence-corrected chi connectivity index (χ4v) is 3.92. The number of hydrogen-bond donors (Lipinski definition) is 1. The first-order valence-electron chi connectivity index (χ1n) is 9.43. The molecule has 2 heterocycles. The van der Waals surface area contributed by atoms with Gasteiger partial charge in [-0.2, -0.15) is 0 Å². The van der Waals surface area contributed by atoms with E-state index in [9.17, 15) is 9.59 Å². The fourth-order valence-electron chi connectivity index (χ4n) is 3.92. The molecule has 2 amide bonds. The molecule has 3 rings (SSSR count). The SMILES string of the molecule is CC1CCN(C(=O)C2CCCN(Cc3ccc(C(N)=O)cc3)C2)CC1. The number of carbonyl (C=O) groups is 2. The average molecular weight is 343 g/mol. The Morgan fingerprint density at radius 3 is 2.40 bits per heavy atom. The van der Waals surface area contributed by atoms with Gasteiger partial charge in [0, 0.05) is 31.7 Å². The van der Waals surface area contributed by atoms with E-state index in [1.54, 1.807) is 12.1 Å². The summed E-state index contributed by atoms with van der Waals surface area (Å²) in [6.07, 6.45) is 4.34. The molecule has 0 radical (unpaired) electrons. The first kappa shape index (κ1) is 17.9. The second-order valence-electron chi connectivity index (χ2n) is 7.64. The van der Waals surface area contributed by atoms with Gasteiger partial charge in [0.15, 0.2) is 0 Å². The lowest BCUT2D eigenvalue weighted by Gasteiger charge is -2.37. The summed E-state index contributed by atoms with van der Waals surface area (Å²) in [6, 6.07) is 7.47. The van der Waals surface area contributed by atoms with Gasteiger partial charge in [-0.15, -0.1) is 0 Å². The van der Waals surface area contributed by atoms with Gasteiger partial charge in [-0.25, -0.2) is 0 Å². The van der Waals surface area contributed by atoms with Gasteiger partial charge in [-0.05, 0) is 55.8 Å². The van der Waals surface area contributed by atoms with Gasteiger partial charge in [0.25, 0.3) is 0 Å². The predicted molar refractivity (Wildman–Crippen MR) is 97.9 cm³/mol. The van der Waals surface area contributed by atoms with Gasteiger partial charge in [-0.1, -0.05) is 19.1 Å². The molecule has 2 aliphatic heterocycles. The van der Waals surface area contributed by atoms with Crippen LogP contribution in [0.2, 0.25) is 0 Å². The lowest BCUT2D eigenvalue weighted by molar-refractivity contribution is -0.138. The van der Waals surface area contributed by atoms with Crippen LogP contribution in [0.4, 0.5) is 0 Å². The molecule has 0 spiro atoms. The van der Waals surface area contributed by atoms with Crippen LogP contribution in [-0.2, 0) is 11.3 Å². The van der Waals surface area contributed by atoms with Crippen molar-refractivity contribution in [2.24, 2.45) is 17.6 Å². The molecule has 0 aromatic heterocycles. The summed E-state index contributed by atoms with van der Waals surface area (Å²) >= 11 is 0. The molecule has 0 bridgehead atoms. The van der Waals surface area contributed by atoms with E-state index >= 15 is 0 Å². The van der Waals surface area contributed by atoms with Crippen LogP contribution in [0.1, 0.15) is 48.5 Å². The number of carbonyl (C=O) groups excluding carboxylic acids is 2. The lowest BCUT2D eigenvalue weighted by atomic mass is 9.93. The van der Waals surface area contributed by atoms with E-state index in [4.69, 9.17) is 5.73 Å². The molecule has 136 valence electrons. The minimum absolute atomic E-state index is 0.132. The molecule has 2 aliphatic rings. The summed E-state index contributed by atoms with van der Waals surface area (Å²) in [5.74, 6) is 0.828. The maximum absolute atomic E-state index is 12.8. The van der Waals surface area contributed by atoms with Gasteiger partial charge in [0.2, 0.25) is 11.8 Å². The number of benzene rings is 1. The second kappa shape index (κ2) is 8.00. The Hall–Kier alpha value is -1.88. The van der Waals surface area contributed by atoms with Gasteiger partial charge >= 0.3 is 0 Å². The largest absolute Gasteiger partial charge is 0.366 e. The van der Waals surface area contributed by atoms with Crippen molar-refractivity contribution in [3.8, 4) is 0 Å². The normalized spacial score (nSPS) is 22.8. The third-order valence-electron chi connectivity index (χ3n) is 5.59. The minimum Gasteiger partial charge on any atom is -0.366 e. The van der Waals surface area contributed by atoms with E-state index in [-0.39, 0.29) is 5.92 Å². The van der Waals surface area contributed by atoms with Gasteiger partial charge < -0.3 is 10.6 Å². The minimum atomic E-state index is -0.397. The Bertz CT molecular complexity index is 606. The van der Waals surface area contributed by atoms with E-state index in [1.165, 1.54) is 0 Å². The Morgan fingerprint density at radius 1 is 1.08 bits per heavy atom. The van der Waals surface area contributed by atoms with Crippen molar-refractivity contribution >= 4 is 11.8 Å². The van der Waals surface area contributed by atoms with Crippen molar-refractivity contribution in [3.05, 3.63) is 35.4 Å². The highest BCUT2D eigenvalue weighted by atomic mass is 16.2. The number of likely N-dealkylation sites (tertiary alicyclic amines) is 2. The number of rotatable bonds is 4. The molecule has 1 unspecified atom stereocenters. The third kappa shape index (κ3) is 4.60. The number of nitrogens with zero attached hydrogens (tertiary/aromatic N) is 2. The van der Waals surface area contributed by atoms with E-state index in [1.807, 2.05) is 12.1 Å². The van der Waals surface area contributed by atoms with Crippen LogP contribution in [0, 0.1) is 11.8 Å². The maximum Gasteiger partial charge on any atom is 0.248 e. The zero-order chi connectivity index (χ0) is 17.8. The van der Waals surface area contributed by atoms with Crippen LogP contribution >= 0.6 is 0 Å². The van der Waals surface area contributed by atoms with E-state index in [2.05, 4.69) is 16.7 Å². The molecule has 2 fully saturated rings. The Morgan fingerprint density at radius 2 is 1.76 bits per heavy atom. The molecule has 5 nitrogen and oxygen atoms in total. The van der Waals surface area contributed by atoms with Gasteiger partial charge in [-0.3, -0.25) is 14.5 Å². The molecular weight excluding hydrogens is 314 g/mol. The number of piperidine rings is 2. The first-order valence-corrected chi connectivity index (χ1v) is 9.43. The maximum atomic E-state index is 12.8. The Balaban J connectivity index is 1.55. The van der Waals surface area contributed by atoms with E-state index < -0.39 is 5.91 Å². The summed E-state index contributed by atoms with van der Waals surface area (Å²) in [5.41, 5.74) is 6.98. The monoisotopic (exact) mass is 343 g/mol. The van der Waals surface area contributed by atoms with Crippen molar-refractivity contribution < 1.29 is 9.59 Å². The summed E-state index contributed by atoms with van der Waals surface area (Å²) in [4.78, 5) is 28.4. The molecule has 0 saturated carbocycles. The topological polar surface area (TPSA) is 66.6 Å². The van der Waals surface area contributed by atoms with Crippen LogP contribution in [0.5, 0.6) is 0 Å². The molecule has 0 aliphatic carbocycles. The number of hydrogen-bond acceptors (Lipinski definition) is 3. The quantitative estimate of drug-likeness (QED) is 0.912. The highest BCUT2D eigenvalue weighted by Crippen LogP contribution is 2.24. The van der Waals surface area contributed by atoms with Crippen LogP contribution in [-0.4, -0.2) is 47.8 Å². The van der Waals surface area contributed by atoms with Gasteiger partial charge in [0.05, 0.1) is 5.92 Å². The Labute approximate surface area is 150 Å². The molecule has 25 heavy (non-hydrogen) atoms. The molecule has 2 saturated heterocycles. The highest BCUT2D eigenvalue weighted by molar-refractivity contribution is 5.92. The molecule has 5 heteroatoms. The van der Waals surface area contributed by atoms with Crippen molar-refractivity contribution in [2.45, 2.75) is 39.2 Å². The second-order valence-corrected chi connectivity index (χ2v) is 7.64. The molecular formula is C20H29N3O2. The fraction of sp³-hybridized carbons (Fsp3) is 0.600. The van der Waals surface area contributed by atoms with Crippen LogP contribution in [0.15, 0.2) is 24.3 Å². The summed E-state index contributed by atoms with van der Waals surface area (Å²) in [7, 11) is 0. The van der Waals surface area contributed by atoms with E-state index in [0.717, 1.165) is 69.9 Å². The standard InChI is InChI=1S/C20H29N3O2/c1-15-8-11-23(12-9-15)20(25)18-3-2-10-22(14-18)13-16-4-6-17(7-5-16)19(21)24/h4-7,15,18H,2-3,8-14H2,1H3,(H2,21,24). The number of primary amides is 1. The van der Waals surface area contributed by atoms with Crippen LogP contribution in [0.3, 0.4) is 0 Å². The summed E-state index contributed by atoms with van der Waals surface area (Å²) < 4.78 is 0. The van der Waals surface area contributed by atoms with Crippen molar-refractivity contribution in [3.63, 3.8) is 0 Å². The first-order chi connectivity index (χ1) is 12.0. The zero-order valence-corrected chi connectivity index (χ0v) is 15.1. The summed E-state index contributed by atoms with van der Waals surface area (Å²) in [5, 5.41) is 0.